The van der Waals surface area contributed by atoms with Gasteiger partial charge in [0.2, 0.25) is 0 Å². The first-order chi connectivity index (χ1) is 10.1. The summed E-state index contributed by atoms with van der Waals surface area (Å²) in [6.07, 6.45) is 3.58. The van der Waals surface area contributed by atoms with Crippen LogP contribution in [-0.4, -0.2) is 42.9 Å². The highest BCUT2D eigenvalue weighted by molar-refractivity contribution is 6.40. The standard InChI is InChI=1S/C17H21NO3/c1-2-21-16(20)15(19)13-3-5-14(6-4-13)17-7-10-18(11-8-17)12-9-17/h3-6H,2,7-12H2,1H3. The lowest BCUT2D eigenvalue weighted by atomic mass is 9.67. The molecule has 1 aromatic carbocycles. The third-order valence-corrected chi connectivity index (χ3v) is 4.94. The first kappa shape index (κ1) is 14.3. The normalized spacial score (nSPS) is 27.4. The van der Waals surface area contributed by atoms with E-state index in [4.69, 9.17) is 4.74 Å². The minimum Gasteiger partial charge on any atom is -0.460 e. The van der Waals surface area contributed by atoms with Gasteiger partial charge in [-0.15, -0.1) is 0 Å². The van der Waals surface area contributed by atoms with Crippen LogP contribution in [0.4, 0.5) is 0 Å². The summed E-state index contributed by atoms with van der Waals surface area (Å²) in [5.74, 6) is -1.33. The number of nitrogens with zero attached hydrogens (tertiary/aromatic N) is 1. The van der Waals surface area contributed by atoms with Crippen LogP contribution in [0.5, 0.6) is 0 Å². The van der Waals surface area contributed by atoms with Gasteiger partial charge in [0, 0.05) is 5.56 Å². The minimum absolute atomic E-state index is 0.224. The summed E-state index contributed by atoms with van der Waals surface area (Å²) in [5, 5.41) is 0. The van der Waals surface area contributed by atoms with Crippen LogP contribution in [0.3, 0.4) is 0 Å². The van der Waals surface area contributed by atoms with Crippen molar-refractivity contribution in [3.63, 3.8) is 0 Å². The monoisotopic (exact) mass is 287 g/mol. The Morgan fingerprint density at radius 2 is 1.67 bits per heavy atom. The van der Waals surface area contributed by atoms with Crippen LogP contribution in [0.15, 0.2) is 24.3 Å². The molecule has 0 radical (unpaired) electrons. The van der Waals surface area contributed by atoms with Crippen molar-refractivity contribution in [1.29, 1.82) is 0 Å². The van der Waals surface area contributed by atoms with Crippen LogP contribution >= 0.6 is 0 Å². The van der Waals surface area contributed by atoms with E-state index in [1.165, 1.54) is 44.5 Å². The number of ketones is 1. The van der Waals surface area contributed by atoms with E-state index in [1.54, 1.807) is 19.1 Å². The summed E-state index contributed by atoms with van der Waals surface area (Å²) < 4.78 is 4.76. The maximum Gasteiger partial charge on any atom is 0.379 e. The summed E-state index contributed by atoms with van der Waals surface area (Å²) in [4.78, 5) is 25.9. The Hall–Kier alpha value is -1.68. The van der Waals surface area contributed by atoms with Crippen molar-refractivity contribution in [2.24, 2.45) is 0 Å². The smallest absolute Gasteiger partial charge is 0.379 e. The fraction of sp³-hybridized carbons (Fsp3) is 0.529. The molecule has 0 amide bonds. The van der Waals surface area contributed by atoms with Crippen molar-refractivity contribution in [2.45, 2.75) is 31.6 Å². The van der Waals surface area contributed by atoms with Crippen LogP contribution in [0.25, 0.3) is 0 Å². The molecule has 3 saturated heterocycles. The number of benzene rings is 1. The van der Waals surface area contributed by atoms with E-state index in [0.717, 1.165) is 0 Å². The van der Waals surface area contributed by atoms with Gasteiger partial charge in [-0.3, -0.25) is 4.79 Å². The lowest BCUT2D eigenvalue weighted by molar-refractivity contribution is -0.137. The molecule has 0 aromatic heterocycles. The zero-order valence-electron chi connectivity index (χ0n) is 12.4. The van der Waals surface area contributed by atoms with Crippen LogP contribution in [-0.2, 0) is 14.9 Å². The molecule has 4 rings (SSSR count). The summed E-state index contributed by atoms with van der Waals surface area (Å²) in [5.41, 5.74) is 2.00. The molecule has 21 heavy (non-hydrogen) atoms. The molecule has 2 bridgehead atoms. The minimum atomic E-state index is -0.769. The van der Waals surface area contributed by atoms with Gasteiger partial charge in [0.1, 0.15) is 0 Å². The van der Waals surface area contributed by atoms with Gasteiger partial charge < -0.3 is 9.64 Å². The summed E-state index contributed by atoms with van der Waals surface area (Å²) in [6, 6.07) is 7.58. The fourth-order valence-electron chi connectivity index (χ4n) is 3.55. The number of carbonyl (C=O) groups is 2. The number of hydrogen-bond acceptors (Lipinski definition) is 4. The molecule has 3 heterocycles. The molecule has 0 aliphatic carbocycles. The quantitative estimate of drug-likeness (QED) is 0.484. The molecule has 112 valence electrons. The summed E-state index contributed by atoms with van der Waals surface area (Å²) in [6.45, 7) is 5.43. The second-order valence-corrected chi connectivity index (χ2v) is 6.00. The van der Waals surface area contributed by atoms with Crippen molar-refractivity contribution in [3.05, 3.63) is 35.4 Å². The molecule has 4 nitrogen and oxygen atoms in total. The van der Waals surface area contributed by atoms with Gasteiger partial charge in [0.15, 0.2) is 0 Å². The zero-order valence-corrected chi connectivity index (χ0v) is 12.4. The van der Waals surface area contributed by atoms with Gasteiger partial charge in [-0.1, -0.05) is 24.3 Å². The molecule has 0 saturated carbocycles. The van der Waals surface area contributed by atoms with E-state index >= 15 is 0 Å². The Morgan fingerprint density at radius 3 is 2.19 bits per heavy atom. The molecule has 0 N–H and O–H groups in total. The highest BCUT2D eigenvalue weighted by Gasteiger charge is 2.40. The maximum absolute atomic E-state index is 11.9. The van der Waals surface area contributed by atoms with E-state index in [9.17, 15) is 9.59 Å². The SMILES string of the molecule is CCOC(=O)C(=O)c1ccc(C23CCN(CC2)CC3)cc1. The highest BCUT2D eigenvalue weighted by Crippen LogP contribution is 2.42. The molecule has 3 fully saturated rings. The van der Waals surface area contributed by atoms with Gasteiger partial charge in [-0.25, -0.2) is 4.79 Å². The highest BCUT2D eigenvalue weighted by atomic mass is 16.5. The maximum atomic E-state index is 11.9. The van der Waals surface area contributed by atoms with Gasteiger partial charge in [0.05, 0.1) is 6.61 Å². The first-order valence-electron chi connectivity index (χ1n) is 7.69. The molecule has 0 atom stereocenters. The second-order valence-electron chi connectivity index (χ2n) is 6.00. The van der Waals surface area contributed by atoms with E-state index in [2.05, 4.69) is 4.90 Å². The van der Waals surface area contributed by atoms with Crippen LogP contribution in [0.2, 0.25) is 0 Å². The molecule has 1 aromatic rings. The van der Waals surface area contributed by atoms with Crippen molar-refractivity contribution in [2.75, 3.05) is 26.2 Å². The molecular formula is C17H21NO3. The summed E-state index contributed by atoms with van der Waals surface area (Å²) in [7, 11) is 0. The third kappa shape index (κ3) is 2.60. The van der Waals surface area contributed by atoms with Gasteiger partial charge in [0.25, 0.3) is 5.78 Å². The zero-order chi connectivity index (χ0) is 14.9. The second kappa shape index (κ2) is 5.60. The summed E-state index contributed by atoms with van der Waals surface area (Å²) >= 11 is 0. The van der Waals surface area contributed by atoms with E-state index < -0.39 is 11.8 Å². The average Bonchev–Trinajstić information content (AvgIpc) is 2.56. The molecule has 0 spiro atoms. The average molecular weight is 287 g/mol. The van der Waals surface area contributed by atoms with Crippen LogP contribution in [0.1, 0.15) is 42.1 Å². The van der Waals surface area contributed by atoms with E-state index in [-0.39, 0.29) is 12.0 Å². The number of esters is 1. The van der Waals surface area contributed by atoms with Crippen molar-refractivity contribution >= 4 is 11.8 Å². The number of hydrogen-bond donors (Lipinski definition) is 0. The predicted molar refractivity (Wildman–Crippen MR) is 79.4 cm³/mol. The van der Waals surface area contributed by atoms with Gasteiger partial charge in [-0.2, -0.15) is 0 Å². The number of carbonyl (C=O) groups excluding carboxylic acids is 2. The van der Waals surface area contributed by atoms with Crippen molar-refractivity contribution in [3.8, 4) is 0 Å². The topological polar surface area (TPSA) is 46.6 Å². The molecular weight excluding hydrogens is 266 g/mol. The Morgan fingerprint density at radius 1 is 1.10 bits per heavy atom. The predicted octanol–water partition coefficient (Wildman–Crippen LogP) is 2.17. The van der Waals surface area contributed by atoms with Crippen molar-refractivity contribution < 1.29 is 14.3 Å². The first-order valence-corrected chi connectivity index (χ1v) is 7.69. The Balaban J connectivity index is 1.78. The molecule has 0 unspecified atom stereocenters. The molecule has 3 aliphatic heterocycles. The fourth-order valence-corrected chi connectivity index (χ4v) is 3.55. The number of fused-ring (bicyclic) bond motifs is 3. The Kier molecular flexibility index (Phi) is 3.81. The van der Waals surface area contributed by atoms with Gasteiger partial charge in [-0.05, 0) is 56.8 Å². The number of ether oxygens (including phenoxy) is 1. The lowest BCUT2D eigenvalue weighted by Crippen LogP contribution is -2.50. The van der Waals surface area contributed by atoms with E-state index in [0.29, 0.717) is 5.56 Å². The molecule has 3 aliphatic rings. The molecule has 4 heteroatoms. The van der Waals surface area contributed by atoms with Crippen LogP contribution < -0.4 is 0 Å². The third-order valence-electron chi connectivity index (χ3n) is 4.94. The van der Waals surface area contributed by atoms with Crippen molar-refractivity contribution in [1.82, 2.24) is 4.90 Å². The number of Topliss-reactive ketones (excluding diaryl/α,β-unsaturated/α-hetero) is 1. The lowest BCUT2D eigenvalue weighted by Gasteiger charge is -2.48. The van der Waals surface area contributed by atoms with E-state index in [1.807, 2.05) is 12.1 Å². The van der Waals surface area contributed by atoms with Gasteiger partial charge >= 0.3 is 5.97 Å². The van der Waals surface area contributed by atoms with Crippen LogP contribution in [0, 0.1) is 0 Å². The Bertz CT molecular complexity index is 528. The Labute approximate surface area is 125 Å². The number of piperidine rings is 3. The number of rotatable bonds is 4. The largest absolute Gasteiger partial charge is 0.460 e.